The summed E-state index contributed by atoms with van der Waals surface area (Å²) < 4.78 is 11.1. The van der Waals surface area contributed by atoms with Crippen molar-refractivity contribution < 1.29 is 9.47 Å². The van der Waals surface area contributed by atoms with Gasteiger partial charge in [0.05, 0.1) is 18.2 Å². The van der Waals surface area contributed by atoms with Crippen molar-refractivity contribution in [2.75, 3.05) is 32.8 Å². The first kappa shape index (κ1) is 18.6. The van der Waals surface area contributed by atoms with E-state index in [9.17, 15) is 0 Å². The van der Waals surface area contributed by atoms with E-state index in [1.165, 1.54) is 0 Å². The first-order valence-electron chi connectivity index (χ1n) is 7.68. The van der Waals surface area contributed by atoms with Gasteiger partial charge in [-0.05, 0) is 32.9 Å². The number of guanidine groups is 1. The van der Waals surface area contributed by atoms with Gasteiger partial charge < -0.3 is 20.1 Å². The summed E-state index contributed by atoms with van der Waals surface area (Å²) in [4.78, 5) is 4.51. The summed E-state index contributed by atoms with van der Waals surface area (Å²) in [7, 11) is 0. The number of rotatable bonds is 9. The van der Waals surface area contributed by atoms with Gasteiger partial charge >= 0.3 is 0 Å². The van der Waals surface area contributed by atoms with Crippen LogP contribution < -0.4 is 15.4 Å². The molecule has 1 aromatic carbocycles. The molecule has 1 rings (SSSR count). The van der Waals surface area contributed by atoms with Crippen LogP contribution in [0.25, 0.3) is 0 Å². The van der Waals surface area contributed by atoms with Gasteiger partial charge in [0.25, 0.3) is 0 Å². The van der Waals surface area contributed by atoms with Crippen LogP contribution in [-0.4, -0.2) is 44.9 Å². The van der Waals surface area contributed by atoms with Crippen molar-refractivity contribution in [3.63, 3.8) is 0 Å². The molecule has 1 aromatic rings. The highest BCUT2D eigenvalue weighted by atomic mass is 35.5. The van der Waals surface area contributed by atoms with E-state index in [0.717, 1.165) is 25.7 Å². The van der Waals surface area contributed by atoms with Crippen molar-refractivity contribution in [3.05, 3.63) is 29.3 Å². The Labute approximate surface area is 138 Å². The Kier molecular flexibility index (Phi) is 9.42. The number of nitrogens with zero attached hydrogens (tertiary/aromatic N) is 1. The van der Waals surface area contributed by atoms with Crippen LogP contribution in [0.4, 0.5) is 0 Å². The van der Waals surface area contributed by atoms with Gasteiger partial charge in [0.2, 0.25) is 0 Å². The third kappa shape index (κ3) is 7.52. The maximum atomic E-state index is 6.08. The summed E-state index contributed by atoms with van der Waals surface area (Å²) in [5.74, 6) is 1.44. The Bertz CT molecular complexity index is 455. The van der Waals surface area contributed by atoms with Crippen LogP contribution in [0.1, 0.15) is 20.8 Å². The zero-order valence-corrected chi connectivity index (χ0v) is 14.3. The van der Waals surface area contributed by atoms with Crippen molar-refractivity contribution in [2.45, 2.75) is 26.9 Å². The third-order valence-corrected chi connectivity index (χ3v) is 3.07. The molecule has 124 valence electrons. The van der Waals surface area contributed by atoms with E-state index >= 15 is 0 Å². The zero-order chi connectivity index (χ0) is 16.2. The highest BCUT2D eigenvalue weighted by Gasteiger charge is 2.07. The molecule has 0 aliphatic carbocycles. The minimum Gasteiger partial charge on any atom is -0.487 e. The van der Waals surface area contributed by atoms with Crippen LogP contribution in [0.3, 0.4) is 0 Å². The van der Waals surface area contributed by atoms with Gasteiger partial charge in [-0.3, -0.25) is 0 Å². The van der Waals surface area contributed by atoms with E-state index in [2.05, 4.69) is 15.6 Å². The first-order chi connectivity index (χ1) is 10.7. The van der Waals surface area contributed by atoms with Crippen LogP contribution in [0.5, 0.6) is 5.75 Å². The van der Waals surface area contributed by atoms with E-state index in [4.69, 9.17) is 21.1 Å². The predicted octanol–water partition coefficient (Wildman–Crippen LogP) is 2.70. The molecule has 0 heterocycles. The number of para-hydroxylation sites is 1. The van der Waals surface area contributed by atoms with Gasteiger partial charge in [-0.25, -0.2) is 4.99 Å². The molecule has 0 bridgehead atoms. The summed E-state index contributed by atoms with van der Waals surface area (Å²) in [5, 5.41) is 7.02. The van der Waals surface area contributed by atoms with Crippen molar-refractivity contribution in [1.82, 2.24) is 10.6 Å². The summed E-state index contributed by atoms with van der Waals surface area (Å²) in [6.45, 7) is 9.42. The number of nitrogens with one attached hydrogen (secondary N) is 2. The second-order valence-electron chi connectivity index (χ2n) is 4.70. The number of hydrogen-bond donors (Lipinski definition) is 2. The SMILES string of the molecule is CCNC(=NCC(C)Oc1ccccc1Cl)NCCOCC. The van der Waals surface area contributed by atoms with Crippen molar-refractivity contribution in [2.24, 2.45) is 4.99 Å². The fourth-order valence-electron chi connectivity index (χ4n) is 1.74. The van der Waals surface area contributed by atoms with Crippen LogP contribution in [-0.2, 0) is 4.74 Å². The molecule has 0 aliphatic rings. The van der Waals surface area contributed by atoms with Gasteiger partial charge in [-0.2, -0.15) is 0 Å². The van der Waals surface area contributed by atoms with E-state index in [1.807, 2.05) is 45.0 Å². The lowest BCUT2D eigenvalue weighted by atomic mass is 10.3. The molecule has 5 nitrogen and oxygen atoms in total. The third-order valence-electron chi connectivity index (χ3n) is 2.76. The monoisotopic (exact) mass is 327 g/mol. The molecule has 1 atom stereocenters. The highest BCUT2D eigenvalue weighted by Crippen LogP contribution is 2.24. The van der Waals surface area contributed by atoms with Crippen LogP contribution in [0.15, 0.2) is 29.3 Å². The van der Waals surface area contributed by atoms with Crippen LogP contribution >= 0.6 is 11.6 Å². The smallest absolute Gasteiger partial charge is 0.191 e. The maximum Gasteiger partial charge on any atom is 0.191 e. The normalized spacial score (nSPS) is 12.8. The molecule has 0 spiro atoms. The minimum absolute atomic E-state index is 0.0674. The number of ether oxygens (including phenoxy) is 2. The molecule has 0 aromatic heterocycles. The maximum absolute atomic E-state index is 6.08. The molecular weight excluding hydrogens is 302 g/mol. The van der Waals surface area contributed by atoms with Crippen molar-refractivity contribution in [1.29, 1.82) is 0 Å². The van der Waals surface area contributed by atoms with E-state index in [1.54, 1.807) is 0 Å². The Hall–Kier alpha value is -1.46. The molecule has 22 heavy (non-hydrogen) atoms. The summed E-state index contributed by atoms with van der Waals surface area (Å²) in [6.07, 6.45) is -0.0674. The van der Waals surface area contributed by atoms with E-state index < -0.39 is 0 Å². The number of hydrogen-bond acceptors (Lipinski definition) is 3. The van der Waals surface area contributed by atoms with Crippen LogP contribution in [0.2, 0.25) is 5.02 Å². The van der Waals surface area contributed by atoms with Crippen molar-refractivity contribution in [3.8, 4) is 5.75 Å². The van der Waals surface area contributed by atoms with Crippen molar-refractivity contribution >= 4 is 17.6 Å². The standard InChI is InChI=1S/C16H26ClN3O2/c1-4-18-16(19-10-11-21-5-2)20-12-13(3)22-15-9-7-6-8-14(15)17/h6-9,13H,4-5,10-12H2,1-3H3,(H2,18,19,20). The summed E-state index contributed by atoms with van der Waals surface area (Å²) in [5.41, 5.74) is 0. The van der Waals surface area contributed by atoms with Gasteiger partial charge in [-0.1, -0.05) is 23.7 Å². The fraction of sp³-hybridized carbons (Fsp3) is 0.562. The zero-order valence-electron chi connectivity index (χ0n) is 13.6. The quantitative estimate of drug-likeness (QED) is 0.416. The van der Waals surface area contributed by atoms with E-state index in [0.29, 0.717) is 23.9 Å². The Morgan fingerprint density at radius 2 is 2.05 bits per heavy atom. The van der Waals surface area contributed by atoms with Gasteiger partial charge in [0, 0.05) is 19.7 Å². The molecule has 0 radical (unpaired) electrons. The minimum atomic E-state index is -0.0674. The topological polar surface area (TPSA) is 54.9 Å². The van der Waals surface area contributed by atoms with E-state index in [-0.39, 0.29) is 6.10 Å². The highest BCUT2D eigenvalue weighted by molar-refractivity contribution is 6.32. The lowest BCUT2D eigenvalue weighted by Gasteiger charge is -2.15. The summed E-state index contributed by atoms with van der Waals surface area (Å²) in [6, 6.07) is 7.44. The molecule has 0 saturated heterocycles. The fourth-order valence-corrected chi connectivity index (χ4v) is 1.92. The molecule has 0 amide bonds. The largest absolute Gasteiger partial charge is 0.487 e. The molecule has 0 saturated carbocycles. The molecule has 6 heteroatoms. The molecular formula is C16H26ClN3O2. The number of benzene rings is 1. The predicted molar refractivity (Wildman–Crippen MR) is 92.0 cm³/mol. The van der Waals surface area contributed by atoms with Gasteiger partial charge in [-0.15, -0.1) is 0 Å². The average molecular weight is 328 g/mol. The summed E-state index contributed by atoms with van der Waals surface area (Å²) >= 11 is 6.08. The van der Waals surface area contributed by atoms with Gasteiger partial charge in [0.1, 0.15) is 11.9 Å². The Morgan fingerprint density at radius 1 is 1.27 bits per heavy atom. The molecule has 0 fully saturated rings. The lowest BCUT2D eigenvalue weighted by Crippen LogP contribution is -2.39. The number of halogens is 1. The average Bonchev–Trinajstić information content (AvgIpc) is 2.51. The first-order valence-corrected chi connectivity index (χ1v) is 8.06. The molecule has 2 N–H and O–H groups in total. The lowest BCUT2D eigenvalue weighted by molar-refractivity contribution is 0.152. The Morgan fingerprint density at radius 3 is 2.73 bits per heavy atom. The molecule has 1 unspecified atom stereocenters. The second-order valence-corrected chi connectivity index (χ2v) is 5.11. The van der Waals surface area contributed by atoms with Crippen LogP contribution in [0, 0.1) is 0 Å². The number of aliphatic imine (C=N–C) groups is 1. The van der Waals surface area contributed by atoms with Gasteiger partial charge in [0.15, 0.2) is 5.96 Å². The molecule has 0 aliphatic heterocycles. The Balaban J connectivity index is 2.45. The second kappa shape index (κ2) is 11.2.